The van der Waals surface area contributed by atoms with Crippen LogP contribution in [0.2, 0.25) is 0 Å². The minimum Gasteiger partial charge on any atom is -0.322 e. The van der Waals surface area contributed by atoms with Crippen LogP contribution in [0.4, 0.5) is 4.79 Å². The van der Waals surface area contributed by atoms with Gasteiger partial charge < -0.3 is 15.1 Å². The highest BCUT2D eigenvalue weighted by Gasteiger charge is 2.17. The minimum absolute atomic E-state index is 0.0165. The lowest BCUT2D eigenvalue weighted by molar-refractivity contribution is 0.157. The number of hydrogen-bond donors (Lipinski definition) is 1. The van der Waals surface area contributed by atoms with Crippen molar-refractivity contribution in [2.24, 2.45) is 0 Å². The summed E-state index contributed by atoms with van der Waals surface area (Å²) in [5.41, 5.74) is 0. The Morgan fingerprint density at radius 2 is 2.00 bits per heavy atom. The first kappa shape index (κ1) is 11.0. The van der Waals surface area contributed by atoms with Crippen LogP contribution in [-0.2, 0) is 0 Å². The maximum Gasteiger partial charge on any atom is 0.321 e. The summed E-state index contributed by atoms with van der Waals surface area (Å²) >= 11 is 0. The molecule has 0 aromatic heterocycles. The van der Waals surface area contributed by atoms with Gasteiger partial charge in [0.2, 0.25) is 0 Å². The third-order valence-electron chi connectivity index (χ3n) is 2.35. The zero-order valence-electron chi connectivity index (χ0n) is 8.99. The first-order valence-electron chi connectivity index (χ1n) is 5.13. The van der Waals surface area contributed by atoms with Crippen LogP contribution in [0.1, 0.15) is 13.3 Å². The van der Waals surface area contributed by atoms with Crippen molar-refractivity contribution >= 4 is 6.03 Å². The Morgan fingerprint density at radius 1 is 1.36 bits per heavy atom. The Labute approximate surface area is 85.6 Å². The second-order valence-corrected chi connectivity index (χ2v) is 3.55. The summed E-state index contributed by atoms with van der Waals surface area (Å²) in [7, 11) is 2.08. The molecule has 2 amide bonds. The topological polar surface area (TPSA) is 35.6 Å². The lowest BCUT2D eigenvalue weighted by Gasteiger charge is -2.31. The van der Waals surface area contributed by atoms with E-state index in [0.717, 1.165) is 32.6 Å². The average molecular weight is 197 g/mol. The molecule has 1 N–H and O–H groups in total. The molecule has 0 aromatic rings. The summed E-state index contributed by atoms with van der Waals surface area (Å²) in [4.78, 5) is 15.6. The summed E-state index contributed by atoms with van der Waals surface area (Å²) in [6.45, 7) is 5.61. The van der Waals surface area contributed by atoms with Crippen LogP contribution in [0, 0.1) is 0 Å². The average Bonchev–Trinajstić information content (AvgIpc) is 2.19. The number of hydrogen-bond acceptors (Lipinski definition) is 2. The molecule has 0 saturated carbocycles. The molecule has 0 spiro atoms. The molecule has 0 aliphatic carbocycles. The largest absolute Gasteiger partial charge is 0.322 e. The first-order chi connectivity index (χ1) is 6.74. The van der Waals surface area contributed by atoms with E-state index < -0.39 is 0 Å². The van der Waals surface area contributed by atoms with Crippen molar-refractivity contribution in [3.63, 3.8) is 0 Å². The van der Waals surface area contributed by atoms with Gasteiger partial charge >= 0.3 is 6.03 Å². The fourth-order valence-electron chi connectivity index (χ4n) is 1.35. The van der Waals surface area contributed by atoms with Crippen LogP contribution >= 0.6 is 0 Å². The number of urea groups is 1. The monoisotopic (exact) mass is 197 g/mol. The quantitative estimate of drug-likeness (QED) is 0.713. The molecule has 80 valence electrons. The van der Waals surface area contributed by atoms with Crippen molar-refractivity contribution in [2.45, 2.75) is 13.3 Å². The summed E-state index contributed by atoms with van der Waals surface area (Å²) in [5, 5.41) is 2.76. The summed E-state index contributed by atoms with van der Waals surface area (Å²) < 4.78 is 0. The number of allylic oxidation sites excluding steroid dienone is 1. The highest BCUT2D eigenvalue weighted by atomic mass is 16.2. The molecule has 0 unspecified atom stereocenters. The van der Waals surface area contributed by atoms with E-state index in [1.165, 1.54) is 0 Å². The molecule has 1 rings (SSSR count). The maximum absolute atomic E-state index is 11.5. The van der Waals surface area contributed by atoms with Gasteiger partial charge in [-0.15, -0.1) is 0 Å². The molecule has 1 heterocycles. The zero-order valence-corrected chi connectivity index (χ0v) is 8.99. The van der Waals surface area contributed by atoms with Crippen LogP contribution in [0.25, 0.3) is 0 Å². The minimum atomic E-state index is 0.0165. The number of carbonyl (C=O) groups excluding carboxylic acids is 1. The molecule has 14 heavy (non-hydrogen) atoms. The fourth-order valence-corrected chi connectivity index (χ4v) is 1.35. The van der Waals surface area contributed by atoms with Crippen LogP contribution in [-0.4, -0.2) is 49.1 Å². The first-order valence-corrected chi connectivity index (χ1v) is 5.13. The third-order valence-corrected chi connectivity index (χ3v) is 2.35. The van der Waals surface area contributed by atoms with Gasteiger partial charge in [-0.1, -0.05) is 13.0 Å². The van der Waals surface area contributed by atoms with Crippen LogP contribution < -0.4 is 5.32 Å². The number of carbonyl (C=O) groups is 1. The molecule has 0 atom stereocenters. The van der Waals surface area contributed by atoms with E-state index >= 15 is 0 Å². The molecule has 4 heteroatoms. The van der Waals surface area contributed by atoms with Crippen molar-refractivity contribution in [3.05, 3.63) is 12.3 Å². The van der Waals surface area contributed by atoms with Gasteiger partial charge in [0.1, 0.15) is 0 Å². The standard InChI is InChI=1S/C10H19N3O/c1-3-4-5-11-10(14)13-8-6-12(2)7-9-13/h4-5H,3,6-9H2,1-2H3,(H,11,14)/b5-4+. The molecule has 4 nitrogen and oxygen atoms in total. The van der Waals surface area contributed by atoms with Gasteiger partial charge in [-0.05, 0) is 13.5 Å². The highest BCUT2D eigenvalue weighted by molar-refractivity contribution is 5.75. The Balaban J connectivity index is 2.27. The smallest absolute Gasteiger partial charge is 0.321 e. The van der Waals surface area contributed by atoms with Gasteiger partial charge in [-0.25, -0.2) is 4.79 Å². The van der Waals surface area contributed by atoms with E-state index in [1.807, 2.05) is 17.9 Å². The van der Waals surface area contributed by atoms with Crippen LogP contribution in [0.3, 0.4) is 0 Å². The van der Waals surface area contributed by atoms with E-state index in [4.69, 9.17) is 0 Å². The molecule has 1 fully saturated rings. The lowest BCUT2D eigenvalue weighted by Crippen LogP contribution is -2.49. The molecule has 0 bridgehead atoms. The SMILES string of the molecule is CC/C=C/NC(=O)N1CCN(C)CC1. The van der Waals surface area contributed by atoms with E-state index in [2.05, 4.69) is 17.3 Å². The number of piperazine rings is 1. The Bertz CT molecular complexity index is 207. The van der Waals surface area contributed by atoms with Crippen LogP contribution in [0.5, 0.6) is 0 Å². The molecule has 0 radical (unpaired) electrons. The van der Waals surface area contributed by atoms with E-state index in [0.29, 0.717) is 0 Å². The van der Waals surface area contributed by atoms with E-state index in [9.17, 15) is 4.79 Å². The molecule has 1 aliphatic rings. The summed E-state index contributed by atoms with van der Waals surface area (Å²) in [5.74, 6) is 0. The normalized spacial score (nSPS) is 18.9. The number of likely N-dealkylation sites (N-methyl/N-ethyl adjacent to an activating group) is 1. The summed E-state index contributed by atoms with van der Waals surface area (Å²) in [6, 6.07) is 0.0165. The number of rotatable bonds is 2. The van der Waals surface area contributed by atoms with Gasteiger partial charge in [-0.2, -0.15) is 0 Å². The Morgan fingerprint density at radius 3 is 2.57 bits per heavy atom. The Hall–Kier alpha value is -1.03. The molecule has 1 saturated heterocycles. The molecule has 0 aromatic carbocycles. The third kappa shape index (κ3) is 3.38. The highest BCUT2D eigenvalue weighted by Crippen LogP contribution is 1.98. The molecular weight excluding hydrogens is 178 g/mol. The number of nitrogens with one attached hydrogen (secondary N) is 1. The van der Waals surface area contributed by atoms with Crippen molar-refractivity contribution in [2.75, 3.05) is 33.2 Å². The van der Waals surface area contributed by atoms with Gasteiger partial charge in [-0.3, -0.25) is 0 Å². The van der Waals surface area contributed by atoms with Crippen LogP contribution in [0.15, 0.2) is 12.3 Å². The predicted molar refractivity (Wildman–Crippen MR) is 57.0 cm³/mol. The van der Waals surface area contributed by atoms with E-state index in [1.54, 1.807) is 6.20 Å². The van der Waals surface area contributed by atoms with Crippen molar-refractivity contribution in [1.29, 1.82) is 0 Å². The lowest BCUT2D eigenvalue weighted by atomic mass is 10.3. The zero-order chi connectivity index (χ0) is 10.4. The second kappa shape index (κ2) is 5.65. The van der Waals surface area contributed by atoms with Crippen molar-refractivity contribution in [3.8, 4) is 0 Å². The van der Waals surface area contributed by atoms with Gasteiger partial charge in [0.25, 0.3) is 0 Å². The van der Waals surface area contributed by atoms with Gasteiger partial charge in [0.05, 0.1) is 0 Å². The van der Waals surface area contributed by atoms with Gasteiger partial charge in [0, 0.05) is 32.4 Å². The molecular formula is C10H19N3O. The van der Waals surface area contributed by atoms with E-state index in [-0.39, 0.29) is 6.03 Å². The fraction of sp³-hybridized carbons (Fsp3) is 0.700. The number of amides is 2. The van der Waals surface area contributed by atoms with Gasteiger partial charge in [0.15, 0.2) is 0 Å². The number of nitrogens with zero attached hydrogens (tertiary/aromatic N) is 2. The summed E-state index contributed by atoms with van der Waals surface area (Å²) in [6.07, 6.45) is 4.61. The van der Waals surface area contributed by atoms with Crippen molar-refractivity contribution < 1.29 is 4.79 Å². The Kier molecular flexibility index (Phi) is 4.46. The predicted octanol–water partition coefficient (Wildman–Crippen LogP) is 0.867. The molecule has 1 aliphatic heterocycles. The second-order valence-electron chi connectivity index (χ2n) is 3.55. The maximum atomic E-state index is 11.5. The van der Waals surface area contributed by atoms with Crippen molar-refractivity contribution in [1.82, 2.24) is 15.1 Å².